The molecule has 2 atom stereocenters. The molecular formula is C12H26N4O. The van der Waals surface area contributed by atoms with Crippen molar-refractivity contribution < 1.29 is 4.79 Å². The van der Waals surface area contributed by atoms with Gasteiger partial charge in [0.05, 0.1) is 0 Å². The van der Waals surface area contributed by atoms with Crippen LogP contribution in [-0.4, -0.2) is 37.7 Å². The molecule has 0 radical (unpaired) electrons. The van der Waals surface area contributed by atoms with E-state index in [1.54, 1.807) is 0 Å². The standard InChI is InChI=1S/C12H26N4O/c1-10(14-7-8-16-12(13)17)9-11-5-3-2-4-6-15-11/h10-11,14-15H,2-9H2,1H3,(H3,13,16,17). The van der Waals surface area contributed by atoms with Gasteiger partial charge in [-0.25, -0.2) is 4.79 Å². The number of primary amides is 1. The van der Waals surface area contributed by atoms with E-state index >= 15 is 0 Å². The van der Waals surface area contributed by atoms with Gasteiger partial charge < -0.3 is 21.7 Å². The zero-order valence-corrected chi connectivity index (χ0v) is 10.8. The Morgan fingerprint density at radius 3 is 3.00 bits per heavy atom. The molecule has 1 rings (SSSR count). The van der Waals surface area contributed by atoms with Gasteiger partial charge in [-0.3, -0.25) is 0 Å². The lowest BCUT2D eigenvalue weighted by molar-refractivity contribution is 0.248. The van der Waals surface area contributed by atoms with Crippen molar-refractivity contribution in [1.29, 1.82) is 0 Å². The summed E-state index contributed by atoms with van der Waals surface area (Å²) in [6, 6.07) is 0.661. The van der Waals surface area contributed by atoms with Gasteiger partial charge >= 0.3 is 6.03 Å². The highest BCUT2D eigenvalue weighted by Gasteiger charge is 2.14. The summed E-state index contributed by atoms with van der Waals surface area (Å²) in [7, 11) is 0. The number of rotatable bonds is 6. The first kappa shape index (κ1) is 14.3. The Bertz CT molecular complexity index is 215. The average Bonchev–Trinajstić information content (AvgIpc) is 2.53. The highest BCUT2D eigenvalue weighted by atomic mass is 16.2. The predicted octanol–water partition coefficient (Wildman–Crippen LogP) is 0.555. The lowest BCUT2D eigenvalue weighted by Crippen LogP contribution is -2.41. The number of amides is 2. The maximum absolute atomic E-state index is 10.5. The molecule has 1 heterocycles. The topological polar surface area (TPSA) is 79.2 Å². The van der Waals surface area contributed by atoms with Crippen LogP contribution < -0.4 is 21.7 Å². The van der Waals surface area contributed by atoms with Gasteiger partial charge in [0.25, 0.3) is 0 Å². The van der Waals surface area contributed by atoms with E-state index in [1.807, 2.05) is 0 Å². The Hall–Kier alpha value is -0.810. The first-order valence-corrected chi connectivity index (χ1v) is 6.68. The van der Waals surface area contributed by atoms with Crippen molar-refractivity contribution in [3.05, 3.63) is 0 Å². The zero-order valence-electron chi connectivity index (χ0n) is 10.8. The molecule has 0 saturated carbocycles. The molecular weight excluding hydrogens is 216 g/mol. The maximum atomic E-state index is 10.5. The highest BCUT2D eigenvalue weighted by Crippen LogP contribution is 2.12. The van der Waals surface area contributed by atoms with Crippen molar-refractivity contribution >= 4 is 6.03 Å². The van der Waals surface area contributed by atoms with E-state index in [4.69, 9.17) is 5.73 Å². The minimum atomic E-state index is -0.454. The van der Waals surface area contributed by atoms with Gasteiger partial charge in [0, 0.05) is 25.2 Å². The molecule has 2 unspecified atom stereocenters. The highest BCUT2D eigenvalue weighted by molar-refractivity contribution is 5.71. The number of carbonyl (C=O) groups is 1. The fourth-order valence-electron chi connectivity index (χ4n) is 2.32. The van der Waals surface area contributed by atoms with Crippen LogP contribution in [0, 0.1) is 0 Å². The van der Waals surface area contributed by atoms with E-state index in [9.17, 15) is 4.79 Å². The molecule has 0 aromatic heterocycles. The average molecular weight is 242 g/mol. The van der Waals surface area contributed by atoms with E-state index in [1.165, 1.54) is 25.7 Å². The molecule has 5 heteroatoms. The van der Waals surface area contributed by atoms with E-state index in [-0.39, 0.29) is 0 Å². The molecule has 0 bridgehead atoms. The summed E-state index contributed by atoms with van der Waals surface area (Å²) in [5.74, 6) is 0. The summed E-state index contributed by atoms with van der Waals surface area (Å²) in [6.45, 7) is 4.71. The van der Waals surface area contributed by atoms with Gasteiger partial charge in [-0.1, -0.05) is 12.8 Å². The molecule has 1 fully saturated rings. The second kappa shape index (κ2) is 8.31. The van der Waals surface area contributed by atoms with Crippen molar-refractivity contribution in [1.82, 2.24) is 16.0 Å². The second-order valence-corrected chi connectivity index (χ2v) is 4.88. The predicted molar refractivity (Wildman–Crippen MR) is 69.9 cm³/mol. The van der Waals surface area contributed by atoms with E-state index < -0.39 is 6.03 Å². The van der Waals surface area contributed by atoms with E-state index in [0.29, 0.717) is 18.6 Å². The number of carbonyl (C=O) groups excluding carboxylic acids is 1. The molecule has 1 saturated heterocycles. The van der Waals surface area contributed by atoms with Crippen molar-refractivity contribution in [3.8, 4) is 0 Å². The monoisotopic (exact) mass is 242 g/mol. The summed E-state index contributed by atoms with van der Waals surface area (Å²) < 4.78 is 0. The number of nitrogens with two attached hydrogens (primary N) is 1. The van der Waals surface area contributed by atoms with Crippen LogP contribution in [0.15, 0.2) is 0 Å². The van der Waals surface area contributed by atoms with Crippen LogP contribution in [0.2, 0.25) is 0 Å². The van der Waals surface area contributed by atoms with E-state index in [2.05, 4.69) is 22.9 Å². The van der Waals surface area contributed by atoms with Crippen molar-refractivity contribution in [2.45, 2.75) is 51.1 Å². The van der Waals surface area contributed by atoms with Gasteiger partial charge in [0.15, 0.2) is 0 Å². The van der Waals surface area contributed by atoms with Gasteiger partial charge in [-0.2, -0.15) is 0 Å². The molecule has 17 heavy (non-hydrogen) atoms. The molecule has 0 aliphatic carbocycles. The number of urea groups is 1. The molecule has 1 aliphatic rings. The largest absolute Gasteiger partial charge is 0.352 e. The van der Waals surface area contributed by atoms with Gasteiger partial charge in [-0.05, 0) is 32.7 Å². The molecule has 0 aromatic rings. The maximum Gasteiger partial charge on any atom is 0.312 e. The minimum Gasteiger partial charge on any atom is -0.352 e. The summed E-state index contributed by atoms with van der Waals surface area (Å²) in [6.07, 6.45) is 6.43. The van der Waals surface area contributed by atoms with Crippen LogP contribution in [0.4, 0.5) is 4.79 Å². The first-order valence-electron chi connectivity index (χ1n) is 6.68. The smallest absolute Gasteiger partial charge is 0.312 e. The quantitative estimate of drug-likeness (QED) is 0.514. The Balaban J connectivity index is 2.06. The van der Waals surface area contributed by atoms with Crippen LogP contribution in [0.3, 0.4) is 0 Å². The summed E-state index contributed by atoms with van der Waals surface area (Å²) in [5, 5.41) is 9.56. The zero-order chi connectivity index (χ0) is 12.5. The summed E-state index contributed by atoms with van der Waals surface area (Å²) >= 11 is 0. The van der Waals surface area contributed by atoms with Crippen LogP contribution in [0.5, 0.6) is 0 Å². The third kappa shape index (κ3) is 7.18. The Morgan fingerprint density at radius 1 is 1.41 bits per heavy atom. The Kier molecular flexibility index (Phi) is 6.96. The number of hydrogen-bond donors (Lipinski definition) is 4. The second-order valence-electron chi connectivity index (χ2n) is 4.88. The number of hydrogen-bond acceptors (Lipinski definition) is 3. The third-order valence-electron chi connectivity index (χ3n) is 3.22. The van der Waals surface area contributed by atoms with Crippen LogP contribution in [0.25, 0.3) is 0 Å². The van der Waals surface area contributed by atoms with Gasteiger partial charge in [0.1, 0.15) is 0 Å². The van der Waals surface area contributed by atoms with Crippen LogP contribution in [0.1, 0.15) is 39.0 Å². The fourth-order valence-corrected chi connectivity index (χ4v) is 2.32. The molecule has 0 spiro atoms. The SMILES string of the molecule is CC(CC1CCCCCN1)NCCNC(N)=O. The fraction of sp³-hybridized carbons (Fsp3) is 0.917. The molecule has 0 aromatic carbocycles. The minimum absolute atomic E-state index is 0.454. The lowest BCUT2D eigenvalue weighted by Gasteiger charge is -2.21. The van der Waals surface area contributed by atoms with Crippen LogP contribution >= 0.6 is 0 Å². The van der Waals surface area contributed by atoms with Gasteiger partial charge in [0.2, 0.25) is 0 Å². The lowest BCUT2D eigenvalue weighted by atomic mass is 10.0. The molecule has 5 N–H and O–H groups in total. The Morgan fingerprint density at radius 2 is 2.24 bits per heavy atom. The van der Waals surface area contributed by atoms with Crippen molar-refractivity contribution in [2.75, 3.05) is 19.6 Å². The summed E-state index contributed by atoms with van der Waals surface area (Å²) in [4.78, 5) is 10.5. The van der Waals surface area contributed by atoms with Crippen LogP contribution in [-0.2, 0) is 0 Å². The number of nitrogens with one attached hydrogen (secondary N) is 3. The molecule has 2 amide bonds. The summed E-state index contributed by atoms with van der Waals surface area (Å²) in [5.41, 5.74) is 4.99. The first-order chi connectivity index (χ1) is 8.18. The molecule has 5 nitrogen and oxygen atoms in total. The normalized spacial score (nSPS) is 22.8. The Labute approximate surface area is 104 Å². The van der Waals surface area contributed by atoms with E-state index in [0.717, 1.165) is 19.5 Å². The molecule has 100 valence electrons. The third-order valence-corrected chi connectivity index (χ3v) is 3.22. The van der Waals surface area contributed by atoms with Gasteiger partial charge in [-0.15, -0.1) is 0 Å². The van der Waals surface area contributed by atoms with Crippen molar-refractivity contribution in [2.24, 2.45) is 5.73 Å². The molecule has 1 aliphatic heterocycles. The van der Waals surface area contributed by atoms with Crippen molar-refractivity contribution in [3.63, 3.8) is 0 Å².